The maximum Gasteiger partial charge on any atom is 0.357 e. The van der Waals surface area contributed by atoms with Crippen molar-refractivity contribution in [3.63, 3.8) is 0 Å². The van der Waals surface area contributed by atoms with Crippen molar-refractivity contribution < 1.29 is 17.9 Å². The van der Waals surface area contributed by atoms with Gasteiger partial charge in [-0.3, -0.25) is 0 Å². The molecule has 2 aromatic heterocycles. The van der Waals surface area contributed by atoms with Gasteiger partial charge in [0, 0.05) is 22.9 Å². The largest absolute Gasteiger partial charge is 0.461 e. The van der Waals surface area contributed by atoms with Crippen LogP contribution in [0.25, 0.3) is 16.4 Å². The summed E-state index contributed by atoms with van der Waals surface area (Å²) < 4.78 is 30.7. The van der Waals surface area contributed by atoms with Crippen LogP contribution in [0.3, 0.4) is 0 Å². The Balaban J connectivity index is 1.76. The summed E-state index contributed by atoms with van der Waals surface area (Å²) in [5.74, 6) is -0.472. The van der Waals surface area contributed by atoms with E-state index in [-0.39, 0.29) is 17.2 Å². The van der Waals surface area contributed by atoms with Crippen LogP contribution in [0, 0.1) is 3.70 Å². The second kappa shape index (κ2) is 9.71. The summed E-state index contributed by atoms with van der Waals surface area (Å²) in [7, 11) is -3.76. The van der Waals surface area contributed by atoms with Crippen LogP contribution < -0.4 is 5.14 Å². The Morgan fingerprint density at radius 2 is 1.85 bits per heavy atom. The van der Waals surface area contributed by atoms with E-state index in [0.717, 1.165) is 26.1 Å². The van der Waals surface area contributed by atoms with Gasteiger partial charge < -0.3 is 4.74 Å². The zero-order valence-electron chi connectivity index (χ0n) is 17.4. The molecule has 0 fully saturated rings. The zero-order valence-corrected chi connectivity index (χ0v) is 21.2. The average Bonchev–Trinajstić information content (AvgIpc) is 3.40. The lowest BCUT2D eigenvalue weighted by Gasteiger charge is -2.05. The van der Waals surface area contributed by atoms with Crippen LogP contribution in [0.5, 0.6) is 0 Å². The number of primary sulfonamides is 1. The van der Waals surface area contributed by atoms with E-state index >= 15 is 0 Å². The van der Waals surface area contributed by atoms with Crippen molar-refractivity contribution in [3.8, 4) is 16.4 Å². The fourth-order valence-corrected chi connectivity index (χ4v) is 5.41. The molecule has 2 N–H and O–H groups in total. The number of sulfonamides is 1. The first kappa shape index (κ1) is 23.5. The summed E-state index contributed by atoms with van der Waals surface area (Å²) in [5, 5.41) is 12.2. The van der Waals surface area contributed by atoms with Gasteiger partial charge in [0.2, 0.25) is 15.2 Å². The molecule has 0 radical (unpaired) electrons. The van der Waals surface area contributed by atoms with E-state index in [1.807, 2.05) is 30.3 Å². The van der Waals surface area contributed by atoms with Gasteiger partial charge in [0.15, 0.2) is 5.69 Å². The van der Waals surface area contributed by atoms with Gasteiger partial charge in [0.1, 0.15) is 3.70 Å². The molecule has 0 spiro atoms. The fourth-order valence-electron chi connectivity index (χ4n) is 3.20. The second-order valence-electron chi connectivity index (χ2n) is 7.00. The predicted octanol–water partition coefficient (Wildman–Crippen LogP) is 4.02. The Bertz CT molecular complexity index is 1400. The maximum absolute atomic E-state index is 12.0. The predicted molar refractivity (Wildman–Crippen MR) is 134 cm³/mol. The first-order chi connectivity index (χ1) is 15.8. The Kier molecular flexibility index (Phi) is 6.93. The van der Waals surface area contributed by atoms with Gasteiger partial charge in [-0.05, 0) is 47.2 Å². The first-order valence-corrected chi connectivity index (χ1v) is 13.4. The SMILES string of the molecule is CCOC(=O)c1csc(-n2nc(-c3ccccc3)c(Cc3ccc(S(N)(=O)=O)cc3)c2I)n1. The smallest absolute Gasteiger partial charge is 0.357 e. The molecule has 2 aromatic carbocycles. The summed E-state index contributed by atoms with van der Waals surface area (Å²) in [6.45, 7) is 2.02. The van der Waals surface area contributed by atoms with Crippen LogP contribution >= 0.6 is 33.9 Å². The van der Waals surface area contributed by atoms with Crippen LogP contribution in [-0.2, 0) is 21.2 Å². The highest BCUT2D eigenvalue weighted by Gasteiger charge is 2.22. The molecule has 8 nitrogen and oxygen atoms in total. The molecule has 0 saturated carbocycles. The monoisotopic (exact) mass is 594 g/mol. The molecule has 33 heavy (non-hydrogen) atoms. The third-order valence-corrected chi connectivity index (χ3v) is 7.61. The third-order valence-electron chi connectivity index (χ3n) is 4.76. The Morgan fingerprint density at radius 3 is 2.48 bits per heavy atom. The summed E-state index contributed by atoms with van der Waals surface area (Å²) in [4.78, 5) is 16.5. The molecule has 4 rings (SSSR count). The first-order valence-electron chi connectivity index (χ1n) is 9.85. The number of thiazole rings is 1. The minimum atomic E-state index is -3.76. The van der Waals surface area contributed by atoms with Crippen LogP contribution in [-0.4, -0.2) is 35.8 Å². The number of halogens is 1. The van der Waals surface area contributed by atoms with Crippen molar-refractivity contribution in [1.29, 1.82) is 0 Å². The molecule has 11 heteroatoms. The summed E-state index contributed by atoms with van der Waals surface area (Å²) >= 11 is 3.52. The fraction of sp³-hybridized carbons (Fsp3) is 0.136. The van der Waals surface area contributed by atoms with E-state index in [4.69, 9.17) is 15.0 Å². The van der Waals surface area contributed by atoms with Gasteiger partial charge in [-0.15, -0.1) is 11.3 Å². The summed E-state index contributed by atoms with van der Waals surface area (Å²) in [6, 6.07) is 16.2. The van der Waals surface area contributed by atoms with Gasteiger partial charge >= 0.3 is 5.97 Å². The lowest BCUT2D eigenvalue weighted by atomic mass is 10.0. The number of nitrogens with zero attached hydrogens (tertiary/aromatic N) is 3. The van der Waals surface area contributed by atoms with Gasteiger partial charge in [0.25, 0.3) is 0 Å². The summed E-state index contributed by atoms with van der Waals surface area (Å²) in [6.07, 6.45) is 0.517. The van der Waals surface area contributed by atoms with Crippen LogP contribution in [0.4, 0.5) is 0 Å². The highest BCUT2D eigenvalue weighted by Crippen LogP contribution is 2.31. The molecule has 0 aliphatic carbocycles. The zero-order chi connectivity index (χ0) is 23.6. The van der Waals surface area contributed by atoms with Crippen molar-refractivity contribution in [1.82, 2.24) is 14.8 Å². The Morgan fingerprint density at radius 1 is 1.15 bits per heavy atom. The molecular weight excluding hydrogens is 575 g/mol. The van der Waals surface area contributed by atoms with Crippen LogP contribution in [0.2, 0.25) is 0 Å². The molecule has 0 bridgehead atoms. The third kappa shape index (κ3) is 5.16. The molecule has 0 aliphatic rings. The van der Waals surface area contributed by atoms with Crippen molar-refractivity contribution in [2.75, 3.05) is 6.61 Å². The van der Waals surface area contributed by atoms with E-state index in [2.05, 4.69) is 27.6 Å². The lowest BCUT2D eigenvalue weighted by molar-refractivity contribution is 0.0520. The highest BCUT2D eigenvalue weighted by atomic mass is 127. The number of carbonyl (C=O) groups excluding carboxylic acids is 1. The normalized spacial score (nSPS) is 11.5. The number of hydrogen-bond acceptors (Lipinski definition) is 7. The van der Waals surface area contributed by atoms with E-state index in [1.165, 1.54) is 23.5 Å². The van der Waals surface area contributed by atoms with Crippen molar-refractivity contribution >= 4 is 49.9 Å². The quantitative estimate of drug-likeness (QED) is 0.255. The number of benzene rings is 2. The number of nitrogens with two attached hydrogens (primary N) is 1. The Hall–Kier alpha value is -2.61. The lowest BCUT2D eigenvalue weighted by Crippen LogP contribution is -2.11. The average molecular weight is 594 g/mol. The molecule has 0 atom stereocenters. The van der Waals surface area contributed by atoms with Crippen molar-refractivity contribution in [2.24, 2.45) is 5.14 Å². The molecule has 0 amide bonds. The topological polar surface area (TPSA) is 117 Å². The molecule has 2 heterocycles. The number of rotatable bonds is 7. The van der Waals surface area contributed by atoms with E-state index < -0.39 is 16.0 Å². The van der Waals surface area contributed by atoms with Gasteiger partial charge in [-0.25, -0.2) is 23.3 Å². The van der Waals surface area contributed by atoms with Crippen LogP contribution in [0.15, 0.2) is 64.9 Å². The van der Waals surface area contributed by atoms with Gasteiger partial charge in [-0.2, -0.15) is 9.78 Å². The van der Waals surface area contributed by atoms with E-state index in [9.17, 15) is 13.2 Å². The minimum Gasteiger partial charge on any atom is -0.461 e. The second-order valence-corrected chi connectivity index (χ2v) is 10.4. The minimum absolute atomic E-state index is 0.0641. The van der Waals surface area contributed by atoms with Crippen molar-refractivity contribution in [3.05, 3.63) is 80.5 Å². The molecule has 0 unspecified atom stereocenters. The molecular formula is C22H19IN4O4S2. The molecule has 0 saturated heterocycles. The Labute approximate surface area is 208 Å². The molecule has 0 aliphatic heterocycles. The highest BCUT2D eigenvalue weighted by molar-refractivity contribution is 14.1. The molecule has 4 aromatic rings. The van der Waals surface area contributed by atoms with E-state index in [1.54, 1.807) is 29.1 Å². The number of aromatic nitrogens is 3. The standard InChI is InChI=1S/C22H19IN4O4S2/c1-2-31-21(28)18-13-32-22(25-18)27-20(23)17(19(26-27)15-6-4-3-5-7-15)12-14-8-10-16(11-9-14)33(24,29)30/h3-11,13H,2,12H2,1H3,(H2,24,29,30). The van der Waals surface area contributed by atoms with Crippen molar-refractivity contribution in [2.45, 2.75) is 18.2 Å². The van der Waals surface area contributed by atoms with Crippen LogP contribution in [0.1, 0.15) is 28.5 Å². The van der Waals surface area contributed by atoms with Gasteiger partial charge in [0.05, 0.1) is 17.2 Å². The van der Waals surface area contributed by atoms with Gasteiger partial charge in [-0.1, -0.05) is 42.5 Å². The number of carbonyl (C=O) groups is 1. The van der Waals surface area contributed by atoms with E-state index in [0.29, 0.717) is 11.6 Å². The number of hydrogen-bond donors (Lipinski definition) is 1. The maximum atomic E-state index is 12.0. The summed E-state index contributed by atoms with van der Waals surface area (Å²) in [5.41, 5.74) is 3.82. The number of esters is 1. The number of ether oxygens (including phenoxy) is 1. The molecule has 170 valence electrons.